The van der Waals surface area contributed by atoms with Crippen LogP contribution in [-0.2, 0) is 24.7 Å². The van der Waals surface area contributed by atoms with E-state index in [1.807, 2.05) is 0 Å². The van der Waals surface area contributed by atoms with Crippen LogP contribution in [-0.4, -0.2) is 0 Å². The smallest absolute Gasteiger partial charge is 0.417 e. The van der Waals surface area contributed by atoms with E-state index in [0.717, 1.165) is 36.4 Å². The van der Waals surface area contributed by atoms with Crippen LogP contribution in [0.25, 0.3) is 22.3 Å². The van der Waals surface area contributed by atoms with Crippen LogP contribution in [0.4, 0.5) is 52.7 Å². The van der Waals surface area contributed by atoms with Gasteiger partial charge in [0, 0.05) is 0 Å². The van der Waals surface area contributed by atoms with Gasteiger partial charge in [0.15, 0.2) is 0 Å². The molecule has 0 heterocycles. The molecule has 0 saturated carbocycles. The molecule has 0 radical (unpaired) electrons. The summed E-state index contributed by atoms with van der Waals surface area (Å²) in [6.07, 6.45) is -18.5. The van der Waals surface area contributed by atoms with E-state index in [2.05, 4.69) is 0 Å². The Labute approximate surface area is 380 Å². The summed E-state index contributed by atoms with van der Waals surface area (Å²) >= 11 is 0. The lowest BCUT2D eigenvalue weighted by Crippen LogP contribution is -2.08. The first-order valence-corrected chi connectivity index (χ1v) is 20.0. The monoisotopic (exact) mass is 948 g/mol. The first kappa shape index (κ1) is 48.1. The zero-order valence-electron chi connectivity index (χ0n) is 34.6. The molecule has 0 spiro atoms. The summed E-state index contributed by atoms with van der Waals surface area (Å²) in [6, 6.07) is 43.9. The van der Waals surface area contributed by atoms with E-state index in [1.54, 1.807) is 60.7 Å². The highest BCUT2D eigenvalue weighted by Gasteiger charge is 2.36. The van der Waals surface area contributed by atoms with Crippen molar-refractivity contribution in [2.75, 3.05) is 0 Å². The Morgan fingerprint density at radius 2 is 0.529 bits per heavy atom. The zero-order chi connectivity index (χ0) is 48.7. The lowest BCUT2D eigenvalue weighted by molar-refractivity contribution is -0.138. The van der Waals surface area contributed by atoms with Gasteiger partial charge in [0.2, 0.25) is 0 Å². The van der Waals surface area contributed by atoms with Crippen molar-refractivity contribution < 1.29 is 71.6 Å². The Kier molecular flexibility index (Phi) is 14.1. The molecule has 0 fully saturated rings. The van der Waals surface area contributed by atoms with E-state index < -0.39 is 47.0 Å². The largest absolute Gasteiger partial charge is 0.457 e. The molecule has 0 saturated heterocycles. The highest BCUT2D eigenvalue weighted by atomic mass is 19.4. The van der Waals surface area contributed by atoms with Gasteiger partial charge >= 0.3 is 24.7 Å². The molecule has 0 amide bonds. The van der Waals surface area contributed by atoms with Crippen molar-refractivity contribution in [2.24, 2.45) is 0 Å². The number of ether oxygens (including phenoxy) is 4. The van der Waals surface area contributed by atoms with Crippen LogP contribution >= 0.6 is 0 Å². The van der Waals surface area contributed by atoms with Crippen LogP contribution in [0.2, 0.25) is 0 Å². The minimum absolute atomic E-state index is 0.00127. The summed E-state index contributed by atoms with van der Waals surface area (Å²) in [5.41, 5.74) is -3.78. The molecule has 0 aliphatic carbocycles. The first-order chi connectivity index (χ1) is 32.2. The van der Waals surface area contributed by atoms with E-state index in [4.69, 9.17) is 18.9 Å². The fourth-order valence-electron chi connectivity index (χ4n) is 6.57. The van der Waals surface area contributed by atoms with Gasteiger partial charge in [-0.1, -0.05) is 78.9 Å². The molecule has 0 N–H and O–H groups in total. The number of para-hydroxylation sites is 2. The number of rotatable bonds is 10. The Morgan fingerprint density at radius 3 is 0.868 bits per heavy atom. The second-order valence-electron chi connectivity index (χ2n) is 14.5. The van der Waals surface area contributed by atoms with Gasteiger partial charge in [-0.2, -0.15) is 52.7 Å². The number of hydrogen-bond donors (Lipinski definition) is 0. The van der Waals surface area contributed by atoms with Gasteiger partial charge in [0.05, 0.1) is 22.3 Å². The number of benzene rings is 8. The fraction of sp³-hybridized carbons (Fsp3) is 0.0769. The van der Waals surface area contributed by atoms with Crippen molar-refractivity contribution in [3.63, 3.8) is 0 Å². The summed E-state index contributed by atoms with van der Waals surface area (Å²) in [5, 5.41) is 0. The van der Waals surface area contributed by atoms with Gasteiger partial charge < -0.3 is 18.9 Å². The molecule has 8 aromatic rings. The van der Waals surface area contributed by atoms with Crippen molar-refractivity contribution in [3.05, 3.63) is 216 Å². The van der Waals surface area contributed by atoms with Crippen LogP contribution < -0.4 is 18.9 Å². The molecule has 68 heavy (non-hydrogen) atoms. The summed E-state index contributed by atoms with van der Waals surface area (Å²) < 4.78 is 183. The van der Waals surface area contributed by atoms with Crippen molar-refractivity contribution in [3.8, 4) is 68.2 Å². The lowest BCUT2D eigenvalue weighted by Gasteiger charge is -2.18. The van der Waals surface area contributed by atoms with Gasteiger partial charge in [0.25, 0.3) is 0 Å². The Bertz CT molecular complexity index is 2750. The van der Waals surface area contributed by atoms with Crippen molar-refractivity contribution in [1.29, 1.82) is 0 Å². The minimum atomic E-state index is -4.74. The fourth-order valence-corrected chi connectivity index (χ4v) is 6.57. The maximum absolute atomic E-state index is 14.1. The van der Waals surface area contributed by atoms with Crippen molar-refractivity contribution in [2.45, 2.75) is 24.7 Å². The molecule has 8 aromatic carbocycles. The minimum Gasteiger partial charge on any atom is -0.457 e. The van der Waals surface area contributed by atoms with Gasteiger partial charge in [-0.3, -0.25) is 0 Å². The number of halogens is 12. The average Bonchev–Trinajstić information content (AvgIpc) is 3.30. The van der Waals surface area contributed by atoms with E-state index in [-0.39, 0.29) is 56.8 Å². The van der Waals surface area contributed by atoms with Gasteiger partial charge in [-0.25, -0.2) is 0 Å². The van der Waals surface area contributed by atoms with Crippen LogP contribution in [0.15, 0.2) is 194 Å². The quantitative estimate of drug-likeness (QED) is 0.128. The topological polar surface area (TPSA) is 36.9 Å². The highest BCUT2D eigenvalue weighted by Crippen LogP contribution is 2.44. The predicted molar refractivity (Wildman–Crippen MR) is 230 cm³/mol. The Balaban J connectivity index is 0.000000215. The summed E-state index contributed by atoms with van der Waals surface area (Å²) in [4.78, 5) is 0. The second kappa shape index (κ2) is 19.9. The number of alkyl halides is 12. The summed E-state index contributed by atoms with van der Waals surface area (Å²) in [7, 11) is 0. The third-order valence-electron chi connectivity index (χ3n) is 9.65. The average molecular weight is 949 g/mol. The molecule has 8 rings (SSSR count). The summed E-state index contributed by atoms with van der Waals surface area (Å²) in [6.45, 7) is 0. The standard InChI is InChI=1S/C32H20F6O2.C20H12F6O2/c33-31(34,35)29-19-25(39-23-10-3-1-4-11-23)14-16-27(29)21-8-7-9-22(18-21)28-17-15-26(20-30(28)32(36,37)38)40-24-12-5-2-6-13-24;21-19(22,23)13-3-1-5-17(11-13)27-15-7-9-16(10-8-15)28-18-6-2-4-14(12-18)20(24,25)26/h1-20H;1-12H. The van der Waals surface area contributed by atoms with E-state index >= 15 is 0 Å². The molecular weight excluding hydrogens is 917 g/mol. The third-order valence-corrected chi connectivity index (χ3v) is 9.65. The molecule has 0 atom stereocenters. The molecule has 348 valence electrons. The van der Waals surface area contributed by atoms with Gasteiger partial charge in [-0.15, -0.1) is 0 Å². The highest BCUT2D eigenvalue weighted by molar-refractivity contribution is 5.77. The molecule has 0 aliphatic rings. The second-order valence-corrected chi connectivity index (χ2v) is 14.5. The van der Waals surface area contributed by atoms with E-state index in [1.165, 1.54) is 97.1 Å². The molecule has 0 unspecified atom stereocenters. The van der Waals surface area contributed by atoms with Crippen molar-refractivity contribution in [1.82, 2.24) is 0 Å². The molecular formula is C52H32F12O4. The third kappa shape index (κ3) is 12.7. The van der Waals surface area contributed by atoms with Crippen LogP contribution in [0.1, 0.15) is 22.3 Å². The van der Waals surface area contributed by atoms with Gasteiger partial charge in [-0.05, 0) is 138 Å². The lowest BCUT2D eigenvalue weighted by atomic mass is 9.93. The van der Waals surface area contributed by atoms with E-state index in [0.29, 0.717) is 11.5 Å². The van der Waals surface area contributed by atoms with Gasteiger partial charge in [0.1, 0.15) is 46.0 Å². The SMILES string of the molecule is FC(F)(F)c1cc(Oc2ccccc2)ccc1-c1cccc(-c2ccc(Oc3ccccc3)cc2C(F)(F)F)c1.FC(F)(F)c1cccc(Oc2ccc(Oc3cccc(C(F)(F)F)c3)cc2)c1. The Hall–Kier alpha value is -7.88. The zero-order valence-corrected chi connectivity index (χ0v) is 34.6. The van der Waals surface area contributed by atoms with E-state index in [9.17, 15) is 52.7 Å². The van der Waals surface area contributed by atoms with Crippen molar-refractivity contribution >= 4 is 0 Å². The molecule has 4 nitrogen and oxygen atoms in total. The Morgan fingerprint density at radius 1 is 0.235 bits per heavy atom. The molecule has 0 aromatic heterocycles. The normalized spacial score (nSPS) is 11.8. The maximum atomic E-state index is 14.1. The molecule has 0 bridgehead atoms. The molecule has 16 heteroatoms. The molecule has 0 aliphatic heterocycles. The van der Waals surface area contributed by atoms with Crippen LogP contribution in [0, 0.1) is 0 Å². The van der Waals surface area contributed by atoms with Crippen LogP contribution in [0.5, 0.6) is 46.0 Å². The maximum Gasteiger partial charge on any atom is 0.417 e. The first-order valence-electron chi connectivity index (χ1n) is 20.0. The van der Waals surface area contributed by atoms with Crippen LogP contribution in [0.3, 0.4) is 0 Å². The predicted octanol–water partition coefficient (Wildman–Crippen LogP) is 18.0. The number of hydrogen-bond acceptors (Lipinski definition) is 4. The summed E-state index contributed by atoms with van der Waals surface area (Å²) in [5.74, 6) is 1.18.